The smallest absolute Gasteiger partial charge is 0.139 e. The van der Waals surface area contributed by atoms with E-state index in [0.29, 0.717) is 24.5 Å². The van der Waals surface area contributed by atoms with Crippen LogP contribution in [-0.4, -0.2) is 28.0 Å². The zero-order valence-corrected chi connectivity index (χ0v) is 12.0. The van der Waals surface area contributed by atoms with Crippen LogP contribution in [0.5, 0.6) is 0 Å². The molecule has 2 aromatic heterocycles. The van der Waals surface area contributed by atoms with Crippen LogP contribution in [0.15, 0.2) is 35.0 Å². The van der Waals surface area contributed by atoms with E-state index in [0.717, 1.165) is 30.8 Å². The first kappa shape index (κ1) is 13.2. The molecule has 0 amide bonds. The Morgan fingerprint density at radius 3 is 3.15 bits per heavy atom. The van der Waals surface area contributed by atoms with Crippen LogP contribution in [0.25, 0.3) is 0 Å². The summed E-state index contributed by atoms with van der Waals surface area (Å²) in [6.45, 7) is 0.724. The lowest BCUT2D eigenvalue weighted by atomic mass is 9.86. The second-order valence-electron chi connectivity index (χ2n) is 5.11. The average Bonchev–Trinajstić information content (AvgIpc) is 3.11. The Balaban J connectivity index is 1.62. The van der Waals surface area contributed by atoms with Crippen molar-refractivity contribution in [3.63, 3.8) is 0 Å². The Morgan fingerprint density at radius 1 is 1.45 bits per heavy atom. The lowest BCUT2D eigenvalue weighted by molar-refractivity contribution is -0.118. The van der Waals surface area contributed by atoms with Gasteiger partial charge in [-0.05, 0) is 17.9 Å². The summed E-state index contributed by atoms with van der Waals surface area (Å²) in [6.07, 6.45) is 6.47. The molecule has 20 heavy (non-hydrogen) atoms. The number of nitrogens with one attached hydrogen (secondary N) is 1. The summed E-state index contributed by atoms with van der Waals surface area (Å²) in [6, 6.07) is 4.17. The van der Waals surface area contributed by atoms with Gasteiger partial charge in [-0.25, -0.2) is 4.98 Å². The van der Waals surface area contributed by atoms with Gasteiger partial charge < -0.3 is 4.98 Å². The number of aromatic amines is 1. The summed E-state index contributed by atoms with van der Waals surface area (Å²) >= 11 is 1.73. The molecule has 3 rings (SSSR count). The lowest BCUT2D eigenvalue weighted by Gasteiger charge is -2.21. The van der Waals surface area contributed by atoms with Gasteiger partial charge >= 0.3 is 0 Å². The van der Waals surface area contributed by atoms with E-state index >= 15 is 0 Å². The van der Waals surface area contributed by atoms with Crippen molar-refractivity contribution in [1.82, 2.24) is 9.97 Å². The Kier molecular flexibility index (Phi) is 4.06. The highest BCUT2D eigenvalue weighted by Gasteiger charge is 2.25. The van der Waals surface area contributed by atoms with E-state index in [1.807, 2.05) is 12.3 Å². The number of Topliss-reactive ketones (excluding diaryl/α,β-unsaturated/α-hetero) is 1. The van der Waals surface area contributed by atoms with E-state index in [4.69, 9.17) is 0 Å². The quantitative estimate of drug-likeness (QED) is 0.939. The number of aliphatic imine (C=N–C) groups is 1. The van der Waals surface area contributed by atoms with E-state index in [9.17, 15) is 4.79 Å². The topological polar surface area (TPSA) is 58.1 Å². The molecule has 1 atom stereocenters. The fourth-order valence-electron chi connectivity index (χ4n) is 2.60. The number of carbonyl (C=O) groups excluding carboxylic acids is 1. The first-order valence-corrected chi connectivity index (χ1v) is 7.74. The molecule has 1 fully saturated rings. The van der Waals surface area contributed by atoms with E-state index < -0.39 is 0 Å². The largest absolute Gasteiger partial charge is 0.348 e. The van der Waals surface area contributed by atoms with Crippen molar-refractivity contribution in [3.05, 3.63) is 40.6 Å². The van der Waals surface area contributed by atoms with Gasteiger partial charge in [0.2, 0.25) is 0 Å². The van der Waals surface area contributed by atoms with Crippen LogP contribution in [0, 0.1) is 0 Å². The number of thiophene rings is 1. The predicted octanol–water partition coefficient (Wildman–Crippen LogP) is 2.99. The normalized spacial score (nSPS) is 21.5. The molecule has 4 nitrogen and oxygen atoms in total. The maximum Gasteiger partial charge on any atom is 0.139 e. The molecule has 0 aromatic carbocycles. The summed E-state index contributed by atoms with van der Waals surface area (Å²) < 4.78 is 0. The number of nitrogens with zero attached hydrogens (tertiary/aromatic N) is 2. The van der Waals surface area contributed by atoms with Crippen molar-refractivity contribution in [2.24, 2.45) is 4.99 Å². The third-order valence-electron chi connectivity index (χ3n) is 3.57. The molecule has 0 aliphatic heterocycles. The van der Waals surface area contributed by atoms with Gasteiger partial charge in [0, 0.05) is 54.2 Å². The maximum absolute atomic E-state index is 11.9. The number of aromatic nitrogens is 2. The van der Waals surface area contributed by atoms with Crippen molar-refractivity contribution in [2.45, 2.75) is 31.6 Å². The van der Waals surface area contributed by atoms with Gasteiger partial charge in [-0.1, -0.05) is 6.07 Å². The second kappa shape index (κ2) is 6.13. The molecule has 2 aromatic rings. The summed E-state index contributed by atoms with van der Waals surface area (Å²) in [5.41, 5.74) is 2.14. The molecule has 0 unspecified atom stereocenters. The highest BCUT2D eigenvalue weighted by molar-refractivity contribution is 7.10. The fraction of sp³-hybridized carbons (Fsp3) is 0.400. The van der Waals surface area contributed by atoms with Gasteiger partial charge in [-0.2, -0.15) is 0 Å². The zero-order chi connectivity index (χ0) is 13.8. The van der Waals surface area contributed by atoms with E-state index in [-0.39, 0.29) is 0 Å². The van der Waals surface area contributed by atoms with Gasteiger partial charge in [-0.15, -0.1) is 11.3 Å². The number of ketones is 1. The van der Waals surface area contributed by atoms with Gasteiger partial charge in [-0.3, -0.25) is 9.79 Å². The number of carbonyl (C=O) groups is 1. The fourth-order valence-corrected chi connectivity index (χ4v) is 3.43. The first-order valence-electron chi connectivity index (χ1n) is 6.86. The molecular formula is C15H17N3OS. The molecular weight excluding hydrogens is 270 g/mol. The molecule has 1 saturated carbocycles. The number of H-pyrrole nitrogens is 1. The third-order valence-corrected chi connectivity index (χ3v) is 4.61. The Bertz CT molecular complexity index is 587. The number of rotatable bonds is 4. The predicted molar refractivity (Wildman–Crippen MR) is 80.5 cm³/mol. The number of hydrogen-bond donors (Lipinski definition) is 1. The van der Waals surface area contributed by atoms with Gasteiger partial charge in [0.05, 0.1) is 6.33 Å². The van der Waals surface area contributed by atoms with Crippen LogP contribution in [0.4, 0.5) is 0 Å². The van der Waals surface area contributed by atoms with Gasteiger partial charge in [0.15, 0.2) is 0 Å². The van der Waals surface area contributed by atoms with Crippen LogP contribution in [0.2, 0.25) is 0 Å². The molecule has 0 radical (unpaired) electrons. The van der Waals surface area contributed by atoms with Crippen LogP contribution in [0.1, 0.15) is 35.8 Å². The molecule has 0 spiro atoms. The second-order valence-corrected chi connectivity index (χ2v) is 6.09. The van der Waals surface area contributed by atoms with Crippen LogP contribution >= 0.6 is 11.3 Å². The molecule has 2 heterocycles. The molecule has 104 valence electrons. The van der Waals surface area contributed by atoms with Crippen LogP contribution < -0.4 is 0 Å². The van der Waals surface area contributed by atoms with E-state index in [1.54, 1.807) is 17.7 Å². The first-order chi connectivity index (χ1) is 9.81. The lowest BCUT2D eigenvalue weighted by Crippen LogP contribution is -2.21. The van der Waals surface area contributed by atoms with Crippen molar-refractivity contribution in [2.75, 3.05) is 6.54 Å². The standard InChI is InChI=1S/C15H17N3OS/c19-14-7-11(15-2-1-5-20-15)6-13(8-14)17-4-3-12-9-16-10-18-12/h1-2,5,9-11H,3-4,6-8H2,(H,16,18)/t11-/m1/s1. The third kappa shape index (κ3) is 3.22. The monoisotopic (exact) mass is 287 g/mol. The summed E-state index contributed by atoms with van der Waals surface area (Å²) in [7, 11) is 0. The van der Waals surface area contributed by atoms with Crippen molar-refractivity contribution in [1.29, 1.82) is 0 Å². The highest BCUT2D eigenvalue weighted by Crippen LogP contribution is 2.32. The molecule has 0 saturated heterocycles. The van der Waals surface area contributed by atoms with Crippen molar-refractivity contribution >= 4 is 22.8 Å². The minimum Gasteiger partial charge on any atom is -0.348 e. The number of imidazole rings is 1. The minimum absolute atomic E-state index is 0.315. The Morgan fingerprint density at radius 2 is 2.40 bits per heavy atom. The highest BCUT2D eigenvalue weighted by atomic mass is 32.1. The average molecular weight is 287 g/mol. The van der Waals surface area contributed by atoms with Crippen LogP contribution in [-0.2, 0) is 11.2 Å². The molecule has 5 heteroatoms. The van der Waals surface area contributed by atoms with E-state index in [2.05, 4.69) is 26.4 Å². The summed E-state index contributed by atoms with van der Waals surface area (Å²) in [4.78, 5) is 24.9. The summed E-state index contributed by atoms with van der Waals surface area (Å²) in [5, 5.41) is 2.07. The van der Waals surface area contributed by atoms with E-state index in [1.165, 1.54) is 4.88 Å². The minimum atomic E-state index is 0.315. The number of hydrogen-bond acceptors (Lipinski definition) is 4. The van der Waals surface area contributed by atoms with Crippen LogP contribution in [0.3, 0.4) is 0 Å². The SMILES string of the molecule is O=C1CC(=NCCc2cnc[nH]2)C[C@@H](c2cccs2)C1. The maximum atomic E-state index is 11.9. The van der Waals surface area contributed by atoms with Crippen molar-refractivity contribution < 1.29 is 4.79 Å². The molecule has 1 N–H and O–H groups in total. The molecule has 1 aliphatic carbocycles. The van der Waals surface area contributed by atoms with Gasteiger partial charge in [0.25, 0.3) is 0 Å². The molecule has 1 aliphatic rings. The Hall–Kier alpha value is -1.75. The summed E-state index contributed by atoms with van der Waals surface area (Å²) in [5.74, 6) is 0.650. The Labute approximate surface area is 122 Å². The zero-order valence-electron chi connectivity index (χ0n) is 11.2. The van der Waals surface area contributed by atoms with Crippen molar-refractivity contribution in [3.8, 4) is 0 Å². The molecule has 0 bridgehead atoms. The van der Waals surface area contributed by atoms with Gasteiger partial charge in [0.1, 0.15) is 5.78 Å².